The van der Waals surface area contributed by atoms with E-state index < -0.39 is 7.14 Å². The highest BCUT2D eigenvalue weighted by Gasteiger charge is 2.24. The van der Waals surface area contributed by atoms with Crippen LogP contribution in [0.1, 0.15) is 0 Å². The van der Waals surface area contributed by atoms with Crippen molar-refractivity contribution in [2.45, 2.75) is 0 Å². The third-order valence-corrected chi connectivity index (χ3v) is 13.1. The number of aromatic nitrogens is 3. The molecular weight excluding hydrogens is 798 g/mol. The number of hydrogen-bond acceptors (Lipinski definition) is 4. The number of nitrogens with zero attached hydrogens (tertiary/aromatic N) is 3. The van der Waals surface area contributed by atoms with Gasteiger partial charge in [-0.2, -0.15) is 0 Å². The first-order valence-electron chi connectivity index (χ1n) is 21.5. The SMILES string of the molecule is CP(C)(=O)c1cccc(-c2cccc(-c3nc(-c4ccccc4)nc(-c4cccc(-c5cc(-c6ccccc6)c(-c6ccccc6)c(-c6ccccc6)c5-c5ccccc5)c4)n3)c2)c1. The fourth-order valence-corrected chi connectivity index (χ4v) is 9.39. The van der Waals surface area contributed by atoms with Crippen LogP contribution in [-0.4, -0.2) is 28.3 Å². The minimum Gasteiger partial charge on any atom is -0.319 e. The monoisotopic (exact) mass is 841 g/mol. The second kappa shape index (κ2) is 17.5. The Morgan fingerprint density at radius 3 is 1.09 bits per heavy atom. The summed E-state index contributed by atoms with van der Waals surface area (Å²) in [4.78, 5) is 15.5. The summed E-state index contributed by atoms with van der Waals surface area (Å²) in [5.41, 5.74) is 15.9. The Morgan fingerprint density at radius 1 is 0.281 bits per heavy atom. The third kappa shape index (κ3) is 8.28. The van der Waals surface area contributed by atoms with Crippen molar-refractivity contribution in [3.63, 3.8) is 0 Å². The van der Waals surface area contributed by atoms with Crippen molar-refractivity contribution in [3.8, 4) is 101 Å². The largest absolute Gasteiger partial charge is 0.319 e. The van der Waals surface area contributed by atoms with Gasteiger partial charge in [-0.3, -0.25) is 0 Å². The first-order chi connectivity index (χ1) is 31.4. The van der Waals surface area contributed by atoms with Crippen LogP contribution in [0.3, 0.4) is 0 Å². The quantitative estimate of drug-likeness (QED) is 0.129. The molecule has 10 rings (SSSR count). The van der Waals surface area contributed by atoms with Gasteiger partial charge in [0.15, 0.2) is 17.5 Å². The van der Waals surface area contributed by atoms with Crippen molar-refractivity contribution in [1.82, 2.24) is 15.0 Å². The van der Waals surface area contributed by atoms with Crippen molar-refractivity contribution in [2.75, 3.05) is 13.3 Å². The van der Waals surface area contributed by atoms with Gasteiger partial charge in [-0.05, 0) is 104 Å². The summed E-state index contributed by atoms with van der Waals surface area (Å²) in [7, 11) is -2.45. The van der Waals surface area contributed by atoms with Gasteiger partial charge in [-0.25, -0.2) is 15.0 Å². The summed E-state index contributed by atoms with van der Waals surface area (Å²) in [5, 5.41) is 0.848. The zero-order chi connectivity index (χ0) is 43.5. The van der Waals surface area contributed by atoms with Gasteiger partial charge in [0.05, 0.1) is 0 Å². The van der Waals surface area contributed by atoms with Crippen LogP contribution in [0.4, 0.5) is 0 Å². The van der Waals surface area contributed by atoms with Gasteiger partial charge in [0.25, 0.3) is 0 Å². The van der Waals surface area contributed by atoms with Gasteiger partial charge < -0.3 is 4.57 Å². The smallest absolute Gasteiger partial charge is 0.164 e. The maximum absolute atomic E-state index is 13.0. The molecule has 9 aromatic carbocycles. The summed E-state index contributed by atoms with van der Waals surface area (Å²) in [6.45, 7) is 3.61. The molecule has 0 N–H and O–H groups in total. The second-order valence-corrected chi connectivity index (χ2v) is 19.5. The van der Waals surface area contributed by atoms with Crippen LogP contribution in [0.15, 0.2) is 231 Å². The molecule has 0 bridgehead atoms. The molecule has 0 radical (unpaired) electrons. The van der Waals surface area contributed by atoms with Crippen LogP contribution in [0.5, 0.6) is 0 Å². The third-order valence-electron chi connectivity index (χ3n) is 11.6. The highest BCUT2D eigenvalue weighted by atomic mass is 31.2. The van der Waals surface area contributed by atoms with Gasteiger partial charge in [-0.15, -0.1) is 0 Å². The molecule has 64 heavy (non-hydrogen) atoms. The molecular formula is C59H44N3OP. The lowest BCUT2D eigenvalue weighted by Gasteiger charge is -2.24. The predicted molar refractivity (Wildman–Crippen MR) is 268 cm³/mol. The van der Waals surface area contributed by atoms with Crippen molar-refractivity contribution in [3.05, 3.63) is 231 Å². The number of benzene rings is 9. The lowest BCUT2D eigenvalue weighted by molar-refractivity contribution is 0.588. The Balaban J connectivity index is 1.20. The average molecular weight is 842 g/mol. The maximum Gasteiger partial charge on any atom is 0.164 e. The molecule has 0 atom stereocenters. The van der Waals surface area contributed by atoms with Crippen LogP contribution in [0.2, 0.25) is 0 Å². The fraction of sp³-hybridized carbons (Fsp3) is 0.0339. The van der Waals surface area contributed by atoms with Crippen LogP contribution < -0.4 is 5.30 Å². The van der Waals surface area contributed by atoms with Gasteiger partial charge in [0, 0.05) is 22.0 Å². The molecule has 0 amide bonds. The molecule has 4 nitrogen and oxygen atoms in total. The molecule has 1 heterocycles. The topological polar surface area (TPSA) is 55.7 Å². The van der Waals surface area contributed by atoms with E-state index >= 15 is 0 Å². The molecule has 0 aliphatic heterocycles. The second-order valence-electron chi connectivity index (χ2n) is 16.3. The van der Waals surface area contributed by atoms with Crippen LogP contribution >= 0.6 is 7.14 Å². The molecule has 0 unspecified atom stereocenters. The fourth-order valence-electron chi connectivity index (χ4n) is 8.49. The van der Waals surface area contributed by atoms with Gasteiger partial charge in [-0.1, -0.05) is 206 Å². The molecule has 0 aliphatic rings. The Kier molecular flexibility index (Phi) is 11.0. The van der Waals surface area contributed by atoms with E-state index in [1.807, 2.05) is 74.0 Å². The minimum absolute atomic E-state index is 0.568. The first kappa shape index (κ1) is 40.3. The lowest BCUT2D eigenvalue weighted by Crippen LogP contribution is -2.02. The van der Waals surface area contributed by atoms with E-state index in [0.29, 0.717) is 17.5 Å². The normalized spacial score (nSPS) is 11.3. The molecule has 0 aliphatic carbocycles. The van der Waals surface area contributed by atoms with Crippen molar-refractivity contribution in [2.24, 2.45) is 0 Å². The Labute approximate surface area is 375 Å². The van der Waals surface area contributed by atoms with Crippen molar-refractivity contribution in [1.29, 1.82) is 0 Å². The van der Waals surface area contributed by atoms with E-state index in [4.69, 9.17) is 15.0 Å². The summed E-state index contributed by atoms with van der Waals surface area (Å²) < 4.78 is 13.0. The van der Waals surface area contributed by atoms with Crippen LogP contribution in [0, 0.1) is 0 Å². The Morgan fingerprint density at radius 2 is 0.609 bits per heavy atom. The van der Waals surface area contributed by atoms with E-state index in [1.54, 1.807) is 0 Å². The molecule has 0 spiro atoms. The van der Waals surface area contributed by atoms with E-state index in [-0.39, 0.29) is 0 Å². The molecule has 1 aromatic heterocycles. The van der Waals surface area contributed by atoms with Gasteiger partial charge in [0.1, 0.15) is 7.14 Å². The summed E-state index contributed by atoms with van der Waals surface area (Å²) in [6.07, 6.45) is 0. The Bertz CT molecular complexity index is 3300. The minimum atomic E-state index is -2.45. The first-order valence-corrected chi connectivity index (χ1v) is 24.1. The highest BCUT2D eigenvalue weighted by molar-refractivity contribution is 7.70. The molecule has 10 aromatic rings. The number of hydrogen-bond donors (Lipinski definition) is 0. The van der Waals surface area contributed by atoms with Crippen molar-refractivity contribution >= 4 is 12.4 Å². The molecule has 0 saturated heterocycles. The molecule has 0 saturated carbocycles. The highest BCUT2D eigenvalue weighted by Crippen LogP contribution is 2.50. The number of rotatable bonds is 10. The summed E-state index contributed by atoms with van der Waals surface area (Å²) in [5.74, 6) is 1.73. The van der Waals surface area contributed by atoms with Gasteiger partial charge >= 0.3 is 0 Å². The summed E-state index contributed by atoms with van der Waals surface area (Å²) in [6, 6.07) is 80.3. The summed E-state index contributed by atoms with van der Waals surface area (Å²) >= 11 is 0. The molecule has 306 valence electrons. The molecule has 5 heteroatoms. The van der Waals surface area contributed by atoms with E-state index in [9.17, 15) is 4.57 Å². The van der Waals surface area contributed by atoms with Gasteiger partial charge in [0.2, 0.25) is 0 Å². The zero-order valence-corrected chi connectivity index (χ0v) is 36.5. The van der Waals surface area contributed by atoms with E-state index in [2.05, 4.69) is 170 Å². The average Bonchev–Trinajstić information content (AvgIpc) is 3.37. The van der Waals surface area contributed by atoms with Crippen LogP contribution in [0.25, 0.3) is 101 Å². The lowest BCUT2D eigenvalue weighted by atomic mass is 9.79. The van der Waals surface area contributed by atoms with Crippen LogP contribution in [-0.2, 0) is 4.57 Å². The molecule has 0 fully saturated rings. The zero-order valence-electron chi connectivity index (χ0n) is 35.6. The predicted octanol–water partition coefficient (Wildman–Crippen LogP) is 15.1. The maximum atomic E-state index is 13.0. The van der Waals surface area contributed by atoms with Crippen molar-refractivity contribution < 1.29 is 4.57 Å². The van der Waals surface area contributed by atoms with E-state index in [0.717, 1.165) is 77.6 Å². The standard InChI is InChI=1S/C59H44N3OP/c1-64(2,63)51-36-20-32-47(39-51)46-31-18-34-49(37-46)58-60-57(45-29-16-7-17-30-45)61-59(62-58)50-35-19-33-48(38-50)53-40-52(41-21-8-3-9-22-41)54(42-23-10-4-11-24-42)56(44-27-14-6-15-28-44)55(53)43-25-12-5-13-26-43/h3-40H,1-2H3. The Hall–Kier alpha value is -7.78. The van der Waals surface area contributed by atoms with E-state index in [1.165, 1.54) is 11.1 Å².